The molecule has 2 fully saturated rings. The van der Waals surface area contributed by atoms with Crippen LogP contribution in [-0.2, 0) is 14.3 Å². The standard InChI is InChI=1S/C22H35NO5/c1-13-10-19-18(14(2)12-23(17-7-8-17)21(25)27-5)9-6-15(3)22(19,26)11-20(13)28-16(4)24/h10,14-15,17-20,26H,6-9,11-12H2,1-5H3/t14?,15-,18+,19-,20-,22-/m1/s1. The van der Waals surface area contributed by atoms with Crippen molar-refractivity contribution >= 4 is 12.1 Å². The van der Waals surface area contributed by atoms with E-state index in [1.807, 2.05) is 11.8 Å². The fourth-order valence-electron chi connectivity index (χ4n) is 5.32. The third-order valence-corrected chi connectivity index (χ3v) is 7.21. The van der Waals surface area contributed by atoms with E-state index in [1.54, 1.807) is 0 Å². The van der Waals surface area contributed by atoms with E-state index in [-0.39, 0.29) is 41.8 Å². The summed E-state index contributed by atoms with van der Waals surface area (Å²) in [5, 5.41) is 11.6. The lowest BCUT2D eigenvalue weighted by molar-refractivity contribution is -0.159. The smallest absolute Gasteiger partial charge is 0.409 e. The first-order valence-corrected chi connectivity index (χ1v) is 10.6. The summed E-state index contributed by atoms with van der Waals surface area (Å²) < 4.78 is 10.5. The largest absolute Gasteiger partial charge is 0.458 e. The van der Waals surface area contributed by atoms with Gasteiger partial charge in [-0.1, -0.05) is 19.9 Å². The SMILES string of the molecule is COC(=O)N(CC(C)[C@@H]1CC[C@@H](C)[C@]2(O)C[C@@H](OC(C)=O)C(C)=C[C@H]12)C1CC1. The number of nitrogens with zero attached hydrogens (tertiary/aromatic N) is 1. The van der Waals surface area contributed by atoms with Gasteiger partial charge in [0.05, 0.1) is 12.7 Å². The van der Waals surface area contributed by atoms with Gasteiger partial charge in [-0.2, -0.15) is 0 Å². The molecule has 6 nitrogen and oxygen atoms in total. The zero-order valence-electron chi connectivity index (χ0n) is 17.8. The van der Waals surface area contributed by atoms with Crippen LogP contribution in [0.25, 0.3) is 0 Å². The molecule has 0 aromatic rings. The van der Waals surface area contributed by atoms with Crippen molar-refractivity contribution in [2.45, 2.75) is 77.5 Å². The molecule has 0 bridgehead atoms. The second-order valence-corrected chi connectivity index (χ2v) is 9.20. The lowest BCUT2D eigenvalue weighted by atomic mass is 9.57. The quantitative estimate of drug-likeness (QED) is 0.571. The van der Waals surface area contributed by atoms with Gasteiger partial charge in [-0.15, -0.1) is 0 Å². The minimum atomic E-state index is -0.882. The molecule has 0 heterocycles. The van der Waals surface area contributed by atoms with Crippen LogP contribution in [0.2, 0.25) is 0 Å². The van der Waals surface area contributed by atoms with Gasteiger partial charge < -0.3 is 19.5 Å². The normalized spacial score (nSPS) is 36.0. The number of carbonyl (C=O) groups is 2. The monoisotopic (exact) mass is 393 g/mol. The van der Waals surface area contributed by atoms with Crippen LogP contribution in [0.5, 0.6) is 0 Å². The Kier molecular flexibility index (Phi) is 6.08. The summed E-state index contributed by atoms with van der Waals surface area (Å²) in [6, 6.07) is 0.299. The molecule has 0 saturated heterocycles. The van der Waals surface area contributed by atoms with E-state index in [1.165, 1.54) is 14.0 Å². The molecule has 1 N–H and O–H groups in total. The number of rotatable bonds is 5. The Bertz CT molecular complexity index is 643. The number of amides is 1. The molecular formula is C22H35NO5. The number of fused-ring (bicyclic) bond motifs is 1. The zero-order chi connectivity index (χ0) is 20.6. The maximum Gasteiger partial charge on any atom is 0.409 e. The zero-order valence-corrected chi connectivity index (χ0v) is 17.8. The molecule has 28 heavy (non-hydrogen) atoms. The fraction of sp³-hybridized carbons (Fsp3) is 0.818. The summed E-state index contributed by atoms with van der Waals surface area (Å²) in [4.78, 5) is 25.5. The molecule has 3 aliphatic rings. The van der Waals surface area contributed by atoms with Crippen LogP contribution in [0.1, 0.15) is 59.8 Å². The van der Waals surface area contributed by atoms with Gasteiger partial charge in [0.2, 0.25) is 0 Å². The van der Waals surface area contributed by atoms with E-state index < -0.39 is 5.60 Å². The molecule has 158 valence electrons. The average molecular weight is 394 g/mol. The molecule has 0 aliphatic heterocycles. The van der Waals surface area contributed by atoms with Gasteiger partial charge in [0.15, 0.2) is 0 Å². The van der Waals surface area contributed by atoms with Crippen molar-refractivity contribution in [2.75, 3.05) is 13.7 Å². The maximum atomic E-state index is 12.2. The van der Waals surface area contributed by atoms with Gasteiger partial charge in [-0.05, 0) is 55.9 Å². The Labute approximate surface area is 168 Å². The third kappa shape index (κ3) is 4.07. The second kappa shape index (κ2) is 8.05. The Hall–Kier alpha value is -1.56. The highest BCUT2D eigenvalue weighted by Crippen LogP contribution is 2.51. The van der Waals surface area contributed by atoms with Crippen LogP contribution in [-0.4, -0.2) is 53.5 Å². The summed E-state index contributed by atoms with van der Waals surface area (Å²) in [6.45, 7) is 8.33. The van der Waals surface area contributed by atoms with Gasteiger partial charge >= 0.3 is 12.1 Å². The summed E-state index contributed by atoms with van der Waals surface area (Å²) in [5.41, 5.74) is 0.134. The minimum absolute atomic E-state index is 0.0109. The Morgan fingerprint density at radius 3 is 2.57 bits per heavy atom. The van der Waals surface area contributed by atoms with Crippen LogP contribution < -0.4 is 0 Å². The molecule has 1 unspecified atom stereocenters. The number of hydrogen-bond acceptors (Lipinski definition) is 5. The van der Waals surface area contributed by atoms with Gasteiger partial charge in [0.1, 0.15) is 6.10 Å². The number of aliphatic hydroxyl groups is 1. The van der Waals surface area contributed by atoms with Crippen molar-refractivity contribution in [3.8, 4) is 0 Å². The van der Waals surface area contributed by atoms with Crippen molar-refractivity contribution in [1.82, 2.24) is 4.90 Å². The molecule has 3 aliphatic carbocycles. The summed E-state index contributed by atoms with van der Waals surface area (Å²) in [6.07, 6.45) is 6.02. The van der Waals surface area contributed by atoms with E-state index >= 15 is 0 Å². The van der Waals surface area contributed by atoms with Crippen molar-refractivity contribution < 1.29 is 24.2 Å². The fourth-order valence-corrected chi connectivity index (χ4v) is 5.32. The van der Waals surface area contributed by atoms with Crippen molar-refractivity contribution in [3.05, 3.63) is 11.6 Å². The number of methoxy groups -OCH3 is 1. The molecule has 0 spiro atoms. The molecule has 3 rings (SSSR count). The average Bonchev–Trinajstić information content (AvgIpc) is 3.46. The van der Waals surface area contributed by atoms with E-state index in [0.29, 0.717) is 19.0 Å². The number of ether oxygens (including phenoxy) is 2. The Balaban J connectivity index is 1.81. The first-order chi connectivity index (χ1) is 13.2. The van der Waals surface area contributed by atoms with Gasteiger partial charge in [-0.3, -0.25) is 4.79 Å². The Morgan fingerprint density at radius 2 is 2.00 bits per heavy atom. The van der Waals surface area contributed by atoms with Crippen LogP contribution in [0.3, 0.4) is 0 Å². The highest BCUT2D eigenvalue weighted by molar-refractivity contribution is 5.68. The highest BCUT2D eigenvalue weighted by atomic mass is 16.5. The van der Waals surface area contributed by atoms with Gasteiger partial charge in [-0.25, -0.2) is 4.79 Å². The summed E-state index contributed by atoms with van der Waals surface area (Å²) in [7, 11) is 1.44. The van der Waals surface area contributed by atoms with Gasteiger partial charge in [0, 0.05) is 31.8 Å². The third-order valence-electron chi connectivity index (χ3n) is 7.21. The second-order valence-electron chi connectivity index (χ2n) is 9.20. The highest BCUT2D eigenvalue weighted by Gasteiger charge is 2.53. The maximum absolute atomic E-state index is 12.2. The number of carbonyl (C=O) groups excluding carboxylic acids is 2. The van der Waals surface area contributed by atoms with Crippen molar-refractivity contribution in [3.63, 3.8) is 0 Å². The first kappa shape index (κ1) is 21.2. The van der Waals surface area contributed by atoms with E-state index in [4.69, 9.17) is 9.47 Å². The van der Waals surface area contributed by atoms with Crippen LogP contribution in [0.4, 0.5) is 4.79 Å². The predicted octanol–water partition coefficient (Wildman–Crippen LogP) is 3.53. The van der Waals surface area contributed by atoms with Crippen molar-refractivity contribution in [2.24, 2.45) is 23.7 Å². The molecule has 1 amide bonds. The van der Waals surface area contributed by atoms with Crippen LogP contribution in [0, 0.1) is 23.7 Å². The predicted molar refractivity (Wildman–Crippen MR) is 106 cm³/mol. The van der Waals surface area contributed by atoms with E-state index in [9.17, 15) is 14.7 Å². The number of esters is 1. The molecule has 0 aromatic carbocycles. The molecule has 6 heteroatoms. The lowest BCUT2D eigenvalue weighted by Crippen LogP contribution is -2.56. The molecule has 0 radical (unpaired) electrons. The van der Waals surface area contributed by atoms with Crippen molar-refractivity contribution in [1.29, 1.82) is 0 Å². The summed E-state index contributed by atoms with van der Waals surface area (Å²) in [5.74, 6) is 0.366. The van der Waals surface area contributed by atoms with E-state index in [2.05, 4.69) is 19.9 Å². The first-order valence-electron chi connectivity index (χ1n) is 10.6. The topological polar surface area (TPSA) is 76.1 Å². The van der Waals surface area contributed by atoms with E-state index in [0.717, 1.165) is 31.3 Å². The number of hydrogen-bond donors (Lipinski definition) is 1. The lowest BCUT2D eigenvalue weighted by Gasteiger charge is -2.53. The minimum Gasteiger partial charge on any atom is -0.458 e. The Morgan fingerprint density at radius 1 is 1.32 bits per heavy atom. The molecule has 2 saturated carbocycles. The molecule has 6 atom stereocenters. The van der Waals surface area contributed by atoms with Crippen LogP contribution in [0.15, 0.2) is 11.6 Å². The van der Waals surface area contributed by atoms with Gasteiger partial charge in [0.25, 0.3) is 0 Å². The summed E-state index contributed by atoms with van der Waals surface area (Å²) >= 11 is 0. The molecule has 0 aromatic heterocycles. The van der Waals surface area contributed by atoms with Crippen LogP contribution >= 0.6 is 0 Å². The molecular weight excluding hydrogens is 358 g/mol.